The molecule has 0 aliphatic carbocycles. The molecule has 2 aromatic rings. The van der Waals surface area contributed by atoms with Crippen molar-refractivity contribution in [3.05, 3.63) is 62.9 Å². The standard InChI is InChI=1S/C14H15N3O3/c1-2-10(9-6-4-3-5-7-9)12(18)16-11-8-15-14(20)17-13(11)19/h3-8,10H,2H2,1H3,(H,16,18)(H2,15,17,19,20)/t10-/m1/s1. The van der Waals surface area contributed by atoms with Crippen LogP contribution in [0.15, 0.2) is 46.1 Å². The van der Waals surface area contributed by atoms with E-state index in [2.05, 4.69) is 15.3 Å². The average Bonchev–Trinajstić information content (AvgIpc) is 2.44. The van der Waals surface area contributed by atoms with Crippen molar-refractivity contribution in [2.75, 3.05) is 5.32 Å². The van der Waals surface area contributed by atoms with E-state index in [1.807, 2.05) is 37.3 Å². The number of hydrogen-bond donors (Lipinski definition) is 3. The molecule has 0 saturated heterocycles. The molecule has 104 valence electrons. The normalized spacial score (nSPS) is 11.8. The van der Waals surface area contributed by atoms with Crippen molar-refractivity contribution in [2.24, 2.45) is 0 Å². The predicted molar refractivity (Wildman–Crippen MR) is 75.8 cm³/mol. The maximum absolute atomic E-state index is 12.2. The molecule has 1 aromatic heterocycles. The zero-order valence-corrected chi connectivity index (χ0v) is 11.0. The molecule has 0 spiro atoms. The second kappa shape index (κ2) is 6.01. The fourth-order valence-corrected chi connectivity index (χ4v) is 1.98. The third kappa shape index (κ3) is 3.03. The lowest BCUT2D eigenvalue weighted by atomic mass is 9.95. The van der Waals surface area contributed by atoms with Gasteiger partial charge in [0.05, 0.1) is 5.92 Å². The third-order valence-corrected chi connectivity index (χ3v) is 3.00. The SMILES string of the molecule is CC[C@@H](C(=O)Nc1c[nH]c(=O)[nH]c1=O)c1ccccc1. The summed E-state index contributed by atoms with van der Waals surface area (Å²) in [6, 6.07) is 9.33. The first-order chi connectivity index (χ1) is 9.61. The van der Waals surface area contributed by atoms with Gasteiger partial charge in [0.15, 0.2) is 0 Å². The summed E-state index contributed by atoms with van der Waals surface area (Å²) < 4.78 is 0. The van der Waals surface area contributed by atoms with Gasteiger partial charge < -0.3 is 10.3 Å². The molecule has 6 nitrogen and oxygen atoms in total. The number of anilines is 1. The number of rotatable bonds is 4. The number of H-pyrrole nitrogens is 2. The highest BCUT2D eigenvalue weighted by Gasteiger charge is 2.19. The van der Waals surface area contributed by atoms with E-state index < -0.39 is 11.2 Å². The van der Waals surface area contributed by atoms with Crippen LogP contribution < -0.4 is 16.6 Å². The van der Waals surface area contributed by atoms with Crippen molar-refractivity contribution in [1.29, 1.82) is 0 Å². The topological polar surface area (TPSA) is 94.8 Å². The van der Waals surface area contributed by atoms with Crippen molar-refractivity contribution in [2.45, 2.75) is 19.3 Å². The molecule has 1 amide bonds. The third-order valence-electron chi connectivity index (χ3n) is 3.00. The summed E-state index contributed by atoms with van der Waals surface area (Å²) in [7, 11) is 0. The monoisotopic (exact) mass is 273 g/mol. The zero-order valence-electron chi connectivity index (χ0n) is 11.0. The lowest BCUT2D eigenvalue weighted by Gasteiger charge is -2.14. The molecule has 0 unspecified atom stereocenters. The first kappa shape index (κ1) is 13.8. The van der Waals surface area contributed by atoms with E-state index in [1.54, 1.807) is 0 Å². The summed E-state index contributed by atoms with van der Waals surface area (Å²) >= 11 is 0. The predicted octanol–water partition coefficient (Wildman–Crippen LogP) is 1.20. The van der Waals surface area contributed by atoms with Gasteiger partial charge in [-0.05, 0) is 12.0 Å². The van der Waals surface area contributed by atoms with E-state index in [1.165, 1.54) is 6.20 Å². The molecule has 6 heteroatoms. The fraction of sp³-hybridized carbons (Fsp3) is 0.214. The molecule has 20 heavy (non-hydrogen) atoms. The maximum atomic E-state index is 12.2. The Hall–Kier alpha value is -2.63. The van der Waals surface area contributed by atoms with Crippen molar-refractivity contribution in [3.8, 4) is 0 Å². The fourth-order valence-electron chi connectivity index (χ4n) is 1.98. The number of carbonyl (C=O) groups excluding carboxylic acids is 1. The highest BCUT2D eigenvalue weighted by Crippen LogP contribution is 2.20. The summed E-state index contributed by atoms with van der Waals surface area (Å²) in [5, 5.41) is 2.53. The Balaban J connectivity index is 2.22. The summed E-state index contributed by atoms with van der Waals surface area (Å²) in [4.78, 5) is 39.1. The number of hydrogen-bond acceptors (Lipinski definition) is 3. The summed E-state index contributed by atoms with van der Waals surface area (Å²) in [5.41, 5.74) is -0.314. The molecule has 1 aromatic carbocycles. The Labute approximate surface area is 114 Å². The van der Waals surface area contributed by atoms with Gasteiger partial charge in [-0.2, -0.15) is 0 Å². The van der Waals surface area contributed by atoms with Crippen LogP contribution >= 0.6 is 0 Å². The van der Waals surface area contributed by atoms with Gasteiger partial charge in [0.2, 0.25) is 5.91 Å². The molecular weight excluding hydrogens is 258 g/mol. The molecule has 0 aliphatic heterocycles. The minimum Gasteiger partial charge on any atom is -0.320 e. The van der Waals surface area contributed by atoms with E-state index in [0.717, 1.165) is 5.56 Å². The van der Waals surface area contributed by atoms with Crippen LogP contribution in [0.3, 0.4) is 0 Å². The van der Waals surface area contributed by atoms with Gasteiger partial charge in [-0.25, -0.2) is 4.79 Å². The van der Waals surface area contributed by atoms with Crippen molar-refractivity contribution < 1.29 is 4.79 Å². The number of nitrogens with one attached hydrogen (secondary N) is 3. The number of benzene rings is 1. The van der Waals surface area contributed by atoms with Crippen LogP contribution in [0.4, 0.5) is 5.69 Å². The summed E-state index contributed by atoms with van der Waals surface area (Å²) in [6.45, 7) is 1.90. The summed E-state index contributed by atoms with van der Waals surface area (Å²) in [5.74, 6) is -0.626. The minimum absolute atomic E-state index is 0.0315. The highest BCUT2D eigenvalue weighted by molar-refractivity contribution is 5.95. The van der Waals surface area contributed by atoms with Crippen molar-refractivity contribution >= 4 is 11.6 Å². The van der Waals surface area contributed by atoms with Gasteiger partial charge in [-0.1, -0.05) is 37.3 Å². The van der Waals surface area contributed by atoms with E-state index in [9.17, 15) is 14.4 Å². The smallest absolute Gasteiger partial charge is 0.320 e. The highest BCUT2D eigenvalue weighted by atomic mass is 16.2. The van der Waals surface area contributed by atoms with E-state index in [0.29, 0.717) is 6.42 Å². The molecule has 0 fully saturated rings. The Morgan fingerprint density at radius 3 is 2.55 bits per heavy atom. The molecule has 3 N–H and O–H groups in total. The molecule has 0 saturated carbocycles. The zero-order chi connectivity index (χ0) is 14.5. The van der Waals surface area contributed by atoms with Gasteiger partial charge in [-0.15, -0.1) is 0 Å². The van der Waals surface area contributed by atoms with Crippen LogP contribution in [0.2, 0.25) is 0 Å². The second-order valence-corrected chi connectivity index (χ2v) is 4.35. The Morgan fingerprint density at radius 1 is 1.25 bits per heavy atom. The Morgan fingerprint density at radius 2 is 1.95 bits per heavy atom. The van der Waals surface area contributed by atoms with Gasteiger partial charge >= 0.3 is 5.69 Å². The average molecular weight is 273 g/mol. The number of aromatic nitrogens is 2. The lowest BCUT2D eigenvalue weighted by molar-refractivity contribution is -0.117. The Kier molecular flexibility index (Phi) is 4.14. The largest absolute Gasteiger partial charge is 0.325 e. The molecular formula is C14H15N3O3. The molecule has 1 atom stereocenters. The molecule has 2 rings (SSSR count). The second-order valence-electron chi connectivity index (χ2n) is 4.35. The Bertz CT molecular complexity index is 703. The molecule has 0 radical (unpaired) electrons. The van der Waals surface area contributed by atoms with Crippen molar-refractivity contribution in [3.63, 3.8) is 0 Å². The van der Waals surface area contributed by atoms with Crippen molar-refractivity contribution in [1.82, 2.24) is 9.97 Å². The minimum atomic E-state index is -0.620. The van der Waals surface area contributed by atoms with E-state index in [4.69, 9.17) is 0 Å². The number of amides is 1. The lowest BCUT2D eigenvalue weighted by Crippen LogP contribution is -2.28. The maximum Gasteiger partial charge on any atom is 0.325 e. The molecule has 0 bridgehead atoms. The van der Waals surface area contributed by atoms with E-state index >= 15 is 0 Å². The first-order valence-corrected chi connectivity index (χ1v) is 6.29. The summed E-state index contributed by atoms with van der Waals surface area (Å²) in [6.07, 6.45) is 1.80. The number of carbonyl (C=O) groups is 1. The van der Waals surface area contributed by atoms with Gasteiger partial charge in [0.1, 0.15) is 5.69 Å². The molecule has 0 aliphatic rings. The first-order valence-electron chi connectivity index (χ1n) is 6.29. The van der Waals surface area contributed by atoms with Crippen LogP contribution in [-0.4, -0.2) is 15.9 Å². The van der Waals surface area contributed by atoms with E-state index in [-0.39, 0.29) is 17.5 Å². The molecule has 1 heterocycles. The van der Waals surface area contributed by atoms with Crippen LogP contribution in [-0.2, 0) is 4.79 Å². The van der Waals surface area contributed by atoms with Crippen LogP contribution in [0.5, 0.6) is 0 Å². The van der Waals surface area contributed by atoms with Gasteiger partial charge in [0, 0.05) is 6.20 Å². The van der Waals surface area contributed by atoms with Crippen LogP contribution in [0.1, 0.15) is 24.8 Å². The van der Waals surface area contributed by atoms with Gasteiger partial charge in [-0.3, -0.25) is 14.6 Å². The quantitative estimate of drug-likeness (QED) is 0.781. The number of aromatic amines is 2. The van der Waals surface area contributed by atoms with Crippen LogP contribution in [0, 0.1) is 0 Å². The van der Waals surface area contributed by atoms with Gasteiger partial charge in [0.25, 0.3) is 5.56 Å². The van der Waals surface area contributed by atoms with Crippen LogP contribution in [0.25, 0.3) is 0 Å².